The van der Waals surface area contributed by atoms with Crippen LogP contribution in [0.25, 0.3) is 0 Å². The number of rotatable bonds is 7. The van der Waals surface area contributed by atoms with Gasteiger partial charge in [-0.15, -0.1) is 0 Å². The summed E-state index contributed by atoms with van der Waals surface area (Å²) in [5, 5.41) is 2.79. The fourth-order valence-electron chi connectivity index (χ4n) is 3.22. The molecule has 9 nitrogen and oxygen atoms in total. The summed E-state index contributed by atoms with van der Waals surface area (Å²) in [5.41, 5.74) is 7.72. The van der Waals surface area contributed by atoms with Gasteiger partial charge in [0.1, 0.15) is 16.7 Å². The molecule has 0 spiro atoms. The molecular formula is C20H24N4O5S. The molecule has 1 aliphatic rings. The molecule has 1 amide bonds. The minimum absolute atomic E-state index is 0.0285. The number of sulfonamides is 1. The molecule has 0 bridgehead atoms. The first-order valence-electron chi connectivity index (χ1n) is 9.29. The molecule has 0 aromatic heterocycles. The third-order valence-electron chi connectivity index (χ3n) is 4.90. The Morgan fingerprint density at radius 1 is 1.13 bits per heavy atom. The second-order valence-electron chi connectivity index (χ2n) is 6.87. The number of carbonyl (C=O) groups is 2. The van der Waals surface area contributed by atoms with E-state index in [0.717, 1.165) is 0 Å². The summed E-state index contributed by atoms with van der Waals surface area (Å²) in [4.78, 5) is 24.2. The van der Waals surface area contributed by atoms with Crippen LogP contribution in [-0.2, 0) is 14.8 Å². The molecule has 0 aliphatic carbocycles. The Kier molecular flexibility index (Phi) is 6.52. The van der Waals surface area contributed by atoms with Gasteiger partial charge in [0, 0.05) is 17.3 Å². The number of methoxy groups -OCH3 is 1. The number of Topliss-reactive ketones (excluding diaryl/α,β-unsaturated/α-hetero) is 1. The van der Waals surface area contributed by atoms with E-state index in [0.29, 0.717) is 23.2 Å². The van der Waals surface area contributed by atoms with Gasteiger partial charge in [0.05, 0.1) is 7.11 Å². The Balaban J connectivity index is 1.74. The van der Waals surface area contributed by atoms with Gasteiger partial charge in [-0.25, -0.2) is 24.0 Å². The average molecular weight is 433 g/mol. The Labute approximate surface area is 175 Å². The third-order valence-corrected chi connectivity index (χ3v) is 6.34. The highest BCUT2D eigenvalue weighted by Gasteiger charge is 2.31. The van der Waals surface area contributed by atoms with E-state index in [1.165, 1.54) is 27.1 Å². The molecule has 1 fully saturated rings. The molecule has 1 saturated heterocycles. The minimum atomic E-state index is -3.70. The zero-order valence-corrected chi connectivity index (χ0v) is 17.7. The SMILES string of the molecule is CNS(=O)(=O)c1cc(C2CC(C(=O)Nc3cccc(C(C)=O)c3)NN2)ccc1OC. The van der Waals surface area contributed by atoms with Crippen LogP contribution in [0.3, 0.4) is 0 Å². The van der Waals surface area contributed by atoms with E-state index in [-0.39, 0.29) is 28.4 Å². The molecule has 0 radical (unpaired) electrons. The highest BCUT2D eigenvalue weighted by atomic mass is 32.2. The second-order valence-corrected chi connectivity index (χ2v) is 8.73. The van der Waals surface area contributed by atoms with Gasteiger partial charge in [0.15, 0.2) is 5.78 Å². The van der Waals surface area contributed by atoms with Crippen molar-refractivity contribution in [2.24, 2.45) is 0 Å². The fourth-order valence-corrected chi connectivity index (χ4v) is 4.15. The lowest BCUT2D eigenvalue weighted by Crippen LogP contribution is -2.39. The van der Waals surface area contributed by atoms with Crippen molar-refractivity contribution >= 4 is 27.4 Å². The lowest BCUT2D eigenvalue weighted by molar-refractivity contribution is -0.117. The molecular weight excluding hydrogens is 408 g/mol. The molecule has 2 aromatic carbocycles. The largest absolute Gasteiger partial charge is 0.495 e. The van der Waals surface area contributed by atoms with Crippen molar-refractivity contribution in [1.82, 2.24) is 15.6 Å². The zero-order valence-electron chi connectivity index (χ0n) is 16.9. The predicted octanol–water partition coefficient (Wildman–Crippen LogP) is 1.35. The normalized spacial score (nSPS) is 18.8. The molecule has 3 rings (SSSR count). The van der Waals surface area contributed by atoms with E-state index < -0.39 is 16.1 Å². The van der Waals surface area contributed by atoms with Crippen LogP contribution in [-0.4, -0.2) is 40.3 Å². The van der Waals surface area contributed by atoms with Gasteiger partial charge >= 0.3 is 0 Å². The van der Waals surface area contributed by atoms with Crippen LogP contribution in [0.4, 0.5) is 5.69 Å². The van der Waals surface area contributed by atoms with E-state index in [9.17, 15) is 18.0 Å². The van der Waals surface area contributed by atoms with Gasteiger partial charge < -0.3 is 10.1 Å². The Morgan fingerprint density at radius 3 is 2.57 bits per heavy atom. The molecule has 1 aliphatic heterocycles. The Bertz CT molecular complexity index is 1070. The number of amides is 1. The lowest BCUT2D eigenvalue weighted by atomic mass is 10.0. The van der Waals surface area contributed by atoms with Crippen molar-refractivity contribution in [2.75, 3.05) is 19.5 Å². The van der Waals surface area contributed by atoms with Crippen LogP contribution in [0, 0.1) is 0 Å². The fraction of sp³-hybridized carbons (Fsp3) is 0.300. The molecule has 30 heavy (non-hydrogen) atoms. The zero-order chi connectivity index (χ0) is 21.9. The van der Waals surface area contributed by atoms with Crippen molar-refractivity contribution in [3.05, 3.63) is 53.6 Å². The highest BCUT2D eigenvalue weighted by molar-refractivity contribution is 7.89. The summed E-state index contributed by atoms with van der Waals surface area (Å²) in [7, 11) is -0.970. The Hall–Kier alpha value is -2.79. The molecule has 2 atom stereocenters. The topological polar surface area (TPSA) is 126 Å². The first-order chi connectivity index (χ1) is 14.2. The number of benzene rings is 2. The number of hydrogen-bond acceptors (Lipinski definition) is 7. The van der Waals surface area contributed by atoms with Crippen molar-refractivity contribution in [1.29, 1.82) is 0 Å². The van der Waals surface area contributed by atoms with Crippen LogP contribution in [0.2, 0.25) is 0 Å². The van der Waals surface area contributed by atoms with Crippen molar-refractivity contribution < 1.29 is 22.7 Å². The summed E-state index contributed by atoms with van der Waals surface area (Å²) in [6, 6.07) is 10.8. The smallest absolute Gasteiger partial charge is 0.244 e. The number of carbonyl (C=O) groups excluding carboxylic acids is 2. The summed E-state index contributed by atoms with van der Waals surface area (Å²) in [5.74, 6) is -0.111. The number of hydrogen-bond donors (Lipinski definition) is 4. The van der Waals surface area contributed by atoms with Gasteiger partial charge in [-0.05, 0) is 50.2 Å². The standard InChI is InChI=1S/C20H24N4O5S/c1-12(25)13-5-4-6-15(9-13)22-20(26)17-11-16(23-24-17)14-7-8-18(29-3)19(10-14)30(27,28)21-2/h4-10,16-17,21,23-24H,11H2,1-3H3,(H,22,26). The molecule has 2 aromatic rings. The van der Waals surface area contributed by atoms with E-state index in [1.807, 2.05) is 0 Å². The highest BCUT2D eigenvalue weighted by Crippen LogP contribution is 2.30. The average Bonchev–Trinajstić information content (AvgIpc) is 3.24. The number of hydrazine groups is 1. The molecule has 160 valence electrons. The van der Waals surface area contributed by atoms with Gasteiger partial charge in [0.2, 0.25) is 15.9 Å². The first kappa shape index (κ1) is 21.9. The molecule has 2 unspecified atom stereocenters. The number of ether oxygens (including phenoxy) is 1. The van der Waals surface area contributed by atoms with Gasteiger partial charge in [-0.2, -0.15) is 0 Å². The predicted molar refractivity (Wildman–Crippen MR) is 112 cm³/mol. The van der Waals surface area contributed by atoms with E-state index in [1.54, 1.807) is 36.4 Å². The summed E-state index contributed by atoms with van der Waals surface area (Å²) in [6.07, 6.45) is 0.406. The van der Waals surface area contributed by atoms with Crippen molar-refractivity contribution in [2.45, 2.75) is 30.3 Å². The van der Waals surface area contributed by atoms with E-state index >= 15 is 0 Å². The van der Waals surface area contributed by atoms with E-state index in [4.69, 9.17) is 4.74 Å². The lowest BCUT2D eigenvalue weighted by Gasteiger charge is -2.14. The van der Waals surface area contributed by atoms with Crippen LogP contribution in [0.15, 0.2) is 47.4 Å². The summed E-state index contributed by atoms with van der Waals surface area (Å²) >= 11 is 0. The monoisotopic (exact) mass is 432 g/mol. The van der Waals surface area contributed by atoms with Crippen LogP contribution >= 0.6 is 0 Å². The molecule has 1 heterocycles. The van der Waals surface area contributed by atoms with Crippen molar-refractivity contribution in [3.8, 4) is 5.75 Å². The number of ketones is 1. The maximum Gasteiger partial charge on any atom is 0.244 e. The van der Waals surface area contributed by atoms with Gasteiger partial charge in [0.25, 0.3) is 0 Å². The summed E-state index contributed by atoms with van der Waals surface area (Å²) < 4.78 is 32.0. The second kappa shape index (κ2) is 8.92. The van der Waals surface area contributed by atoms with Gasteiger partial charge in [-0.1, -0.05) is 18.2 Å². The molecule has 0 saturated carbocycles. The number of anilines is 1. The third kappa shape index (κ3) is 4.68. The molecule has 4 N–H and O–H groups in total. The van der Waals surface area contributed by atoms with Gasteiger partial charge in [-0.3, -0.25) is 9.59 Å². The van der Waals surface area contributed by atoms with E-state index in [2.05, 4.69) is 20.9 Å². The maximum absolute atomic E-state index is 12.6. The first-order valence-corrected chi connectivity index (χ1v) is 10.8. The maximum atomic E-state index is 12.6. The van der Waals surface area contributed by atoms with Crippen LogP contribution in [0.1, 0.15) is 35.3 Å². The van der Waals surface area contributed by atoms with Crippen LogP contribution < -0.4 is 25.6 Å². The summed E-state index contributed by atoms with van der Waals surface area (Å²) in [6.45, 7) is 1.46. The minimum Gasteiger partial charge on any atom is -0.495 e. The quantitative estimate of drug-likeness (QED) is 0.487. The van der Waals surface area contributed by atoms with Crippen LogP contribution in [0.5, 0.6) is 5.75 Å². The Morgan fingerprint density at radius 2 is 1.90 bits per heavy atom. The van der Waals surface area contributed by atoms with Crippen molar-refractivity contribution in [3.63, 3.8) is 0 Å². The number of nitrogens with one attached hydrogen (secondary N) is 4. The molecule has 10 heteroatoms.